The van der Waals surface area contributed by atoms with Crippen LogP contribution in [0.2, 0.25) is 0 Å². The molecule has 0 saturated carbocycles. The predicted molar refractivity (Wildman–Crippen MR) is 56.0 cm³/mol. The molecular weight excluding hydrogens is 192 g/mol. The summed E-state index contributed by atoms with van der Waals surface area (Å²) in [5.41, 5.74) is 0.396. The van der Waals surface area contributed by atoms with Crippen LogP contribution in [0.1, 0.15) is 42.6 Å². The maximum atomic E-state index is 10.5. The third-order valence-electron chi connectivity index (χ3n) is 2.96. The van der Waals surface area contributed by atoms with Crippen LogP contribution in [0.5, 0.6) is 0 Å². The fourth-order valence-electron chi connectivity index (χ4n) is 2.00. The maximum Gasteiger partial charge on any atom is 0.199 e. The van der Waals surface area contributed by atoms with Crippen molar-refractivity contribution in [3.63, 3.8) is 0 Å². The molecule has 1 aliphatic rings. The number of rotatable bonds is 3. The Morgan fingerprint density at radius 3 is 3.00 bits per heavy atom. The van der Waals surface area contributed by atoms with E-state index in [1.54, 1.807) is 0 Å². The van der Waals surface area contributed by atoms with Crippen molar-refractivity contribution in [2.24, 2.45) is 0 Å². The van der Waals surface area contributed by atoms with Gasteiger partial charge in [0.2, 0.25) is 0 Å². The van der Waals surface area contributed by atoms with Crippen LogP contribution in [-0.4, -0.2) is 35.3 Å². The Balaban J connectivity index is 2.04. The van der Waals surface area contributed by atoms with Crippen LogP contribution >= 0.6 is 0 Å². The van der Waals surface area contributed by atoms with Gasteiger partial charge in [-0.05, 0) is 26.8 Å². The van der Waals surface area contributed by atoms with Crippen LogP contribution in [0.3, 0.4) is 0 Å². The molecule has 0 N–H and O–H groups in total. The second-order valence-electron chi connectivity index (χ2n) is 4.30. The molecule has 0 amide bonds. The molecule has 0 aromatic carbocycles. The molecule has 1 atom stereocenters. The fourth-order valence-corrected chi connectivity index (χ4v) is 2.00. The molecule has 1 unspecified atom stereocenters. The molecule has 0 spiro atoms. The summed E-state index contributed by atoms with van der Waals surface area (Å²) in [5, 5.41) is 0. The molecule has 1 saturated heterocycles. The minimum absolute atomic E-state index is 0.348. The molecule has 2 rings (SSSR count). The van der Waals surface area contributed by atoms with E-state index in [0.717, 1.165) is 25.8 Å². The SMILES string of the molecule is CC(C)N1CCC(c2nc(C=O)co2)C1. The van der Waals surface area contributed by atoms with Gasteiger partial charge in [0.05, 0.1) is 0 Å². The lowest BCUT2D eigenvalue weighted by Crippen LogP contribution is -2.27. The van der Waals surface area contributed by atoms with E-state index in [4.69, 9.17) is 4.42 Å². The topological polar surface area (TPSA) is 46.3 Å². The van der Waals surface area contributed by atoms with Crippen LogP contribution in [0, 0.1) is 0 Å². The van der Waals surface area contributed by atoms with Crippen molar-refractivity contribution in [3.8, 4) is 0 Å². The van der Waals surface area contributed by atoms with Crippen molar-refractivity contribution in [2.75, 3.05) is 13.1 Å². The van der Waals surface area contributed by atoms with Gasteiger partial charge in [-0.25, -0.2) is 4.98 Å². The molecule has 82 valence electrons. The van der Waals surface area contributed by atoms with Crippen LogP contribution in [0.25, 0.3) is 0 Å². The second kappa shape index (κ2) is 4.14. The number of hydrogen-bond acceptors (Lipinski definition) is 4. The summed E-state index contributed by atoms with van der Waals surface area (Å²) in [6.07, 6.45) is 3.22. The largest absolute Gasteiger partial charge is 0.448 e. The lowest BCUT2D eigenvalue weighted by molar-refractivity contribution is 0.111. The Morgan fingerprint density at radius 2 is 2.47 bits per heavy atom. The number of likely N-dealkylation sites (tertiary alicyclic amines) is 1. The summed E-state index contributed by atoms with van der Waals surface area (Å²) in [4.78, 5) is 17.0. The Hall–Kier alpha value is -1.16. The van der Waals surface area contributed by atoms with E-state index in [-0.39, 0.29) is 0 Å². The highest BCUT2D eigenvalue weighted by molar-refractivity contribution is 5.70. The van der Waals surface area contributed by atoms with Gasteiger partial charge in [-0.1, -0.05) is 0 Å². The van der Waals surface area contributed by atoms with Crippen molar-refractivity contribution in [1.82, 2.24) is 9.88 Å². The molecule has 0 radical (unpaired) electrons. The monoisotopic (exact) mass is 208 g/mol. The third kappa shape index (κ3) is 2.09. The van der Waals surface area contributed by atoms with E-state index < -0.39 is 0 Å². The van der Waals surface area contributed by atoms with E-state index >= 15 is 0 Å². The normalized spacial score (nSPS) is 22.5. The van der Waals surface area contributed by atoms with E-state index in [9.17, 15) is 4.79 Å². The molecule has 0 bridgehead atoms. The fraction of sp³-hybridized carbons (Fsp3) is 0.636. The first-order chi connectivity index (χ1) is 7.20. The average molecular weight is 208 g/mol. The van der Waals surface area contributed by atoms with Gasteiger partial charge in [0, 0.05) is 18.5 Å². The van der Waals surface area contributed by atoms with Gasteiger partial charge in [-0.2, -0.15) is 0 Å². The zero-order valence-corrected chi connectivity index (χ0v) is 9.14. The van der Waals surface area contributed by atoms with Crippen LogP contribution in [-0.2, 0) is 0 Å². The smallest absolute Gasteiger partial charge is 0.199 e. The summed E-state index contributed by atoms with van der Waals surface area (Å²) in [6.45, 7) is 6.45. The van der Waals surface area contributed by atoms with Crippen molar-refractivity contribution < 1.29 is 9.21 Å². The van der Waals surface area contributed by atoms with Gasteiger partial charge in [-0.15, -0.1) is 0 Å². The highest BCUT2D eigenvalue weighted by Crippen LogP contribution is 2.27. The standard InChI is InChI=1S/C11H16N2O2/c1-8(2)13-4-3-9(5-13)11-12-10(6-14)7-15-11/h6-9H,3-5H2,1-2H3. The number of carbonyl (C=O) groups is 1. The molecule has 4 heteroatoms. The molecule has 1 aliphatic heterocycles. The van der Waals surface area contributed by atoms with E-state index in [0.29, 0.717) is 23.5 Å². The molecule has 15 heavy (non-hydrogen) atoms. The van der Waals surface area contributed by atoms with Gasteiger partial charge in [0.1, 0.15) is 12.0 Å². The number of carbonyl (C=O) groups excluding carboxylic acids is 1. The molecule has 2 heterocycles. The lowest BCUT2D eigenvalue weighted by atomic mass is 10.1. The number of hydrogen-bond donors (Lipinski definition) is 0. The second-order valence-corrected chi connectivity index (χ2v) is 4.30. The van der Waals surface area contributed by atoms with Crippen LogP contribution in [0.4, 0.5) is 0 Å². The number of aromatic nitrogens is 1. The maximum absolute atomic E-state index is 10.5. The van der Waals surface area contributed by atoms with E-state index in [1.165, 1.54) is 6.26 Å². The van der Waals surface area contributed by atoms with Crippen LogP contribution < -0.4 is 0 Å². The number of nitrogens with zero attached hydrogens (tertiary/aromatic N) is 2. The zero-order valence-electron chi connectivity index (χ0n) is 9.14. The third-order valence-corrected chi connectivity index (χ3v) is 2.96. The predicted octanol–water partition coefficient (Wildman–Crippen LogP) is 1.68. The molecule has 1 aromatic heterocycles. The van der Waals surface area contributed by atoms with Crippen LogP contribution in [0.15, 0.2) is 10.7 Å². The minimum Gasteiger partial charge on any atom is -0.448 e. The van der Waals surface area contributed by atoms with Crippen molar-refractivity contribution >= 4 is 6.29 Å². The van der Waals surface area contributed by atoms with Crippen molar-refractivity contribution in [2.45, 2.75) is 32.2 Å². The molecule has 0 aliphatic carbocycles. The Labute approximate surface area is 89.3 Å². The molecule has 1 aromatic rings. The lowest BCUT2D eigenvalue weighted by Gasteiger charge is -2.19. The van der Waals surface area contributed by atoms with E-state index in [2.05, 4.69) is 23.7 Å². The summed E-state index contributed by atoms with van der Waals surface area (Å²) in [7, 11) is 0. The zero-order chi connectivity index (χ0) is 10.8. The van der Waals surface area contributed by atoms with Crippen molar-refractivity contribution in [1.29, 1.82) is 0 Å². The van der Waals surface area contributed by atoms with E-state index in [1.807, 2.05) is 0 Å². The summed E-state index contributed by atoms with van der Waals surface area (Å²) < 4.78 is 5.30. The average Bonchev–Trinajstić information content (AvgIpc) is 2.86. The number of oxazole rings is 1. The van der Waals surface area contributed by atoms with Gasteiger partial charge >= 0.3 is 0 Å². The first-order valence-electron chi connectivity index (χ1n) is 5.35. The highest BCUT2D eigenvalue weighted by atomic mass is 16.3. The summed E-state index contributed by atoms with van der Waals surface area (Å²) in [5.74, 6) is 1.06. The van der Waals surface area contributed by atoms with Gasteiger partial charge in [0.25, 0.3) is 0 Å². The Morgan fingerprint density at radius 1 is 1.67 bits per heavy atom. The Kier molecular flexibility index (Phi) is 2.86. The highest BCUT2D eigenvalue weighted by Gasteiger charge is 2.28. The quantitative estimate of drug-likeness (QED) is 0.709. The van der Waals surface area contributed by atoms with Crippen molar-refractivity contribution in [3.05, 3.63) is 17.8 Å². The molecular formula is C11H16N2O2. The Bertz CT molecular complexity index is 346. The summed E-state index contributed by atoms with van der Waals surface area (Å²) >= 11 is 0. The first-order valence-corrected chi connectivity index (χ1v) is 5.35. The van der Waals surface area contributed by atoms with Gasteiger partial charge < -0.3 is 9.32 Å². The summed E-state index contributed by atoms with van der Waals surface area (Å²) in [6, 6.07) is 0.565. The number of aldehydes is 1. The minimum atomic E-state index is 0.348. The molecule has 4 nitrogen and oxygen atoms in total. The van der Waals surface area contributed by atoms with Gasteiger partial charge in [-0.3, -0.25) is 4.79 Å². The first kappa shape index (κ1) is 10.4. The van der Waals surface area contributed by atoms with Gasteiger partial charge in [0.15, 0.2) is 12.2 Å². The molecule has 1 fully saturated rings.